The Bertz CT molecular complexity index is 1530. The molecule has 0 bridgehead atoms. The summed E-state index contributed by atoms with van der Waals surface area (Å²) in [5, 5.41) is 2.97. The second-order valence-corrected chi connectivity index (χ2v) is 10.5. The van der Waals surface area contributed by atoms with Crippen molar-refractivity contribution in [2.45, 2.75) is 19.9 Å². The van der Waals surface area contributed by atoms with Crippen LogP contribution in [0.5, 0.6) is 17.2 Å². The van der Waals surface area contributed by atoms with Gasteiger partial charge in [-0.2, -0.15) is 0 Å². The van der Waals surface area contributed by atoms with E-state index in [-0.39, 0.29) is 37.1 Å². The molecule has 1 heterocycles. The highest BCUT2D eigenvalue weighted by molar-refractivity contribution is 6.08. The molecule has 4 rings (SSSR count). The van der Waals surface area contributed by atoms with Gasteiger partial charge in [0.1, 0.15) is 12.4 Å². The van der Waals surface area contributed by atoms with Gasteiger partial charge in [0.25, 0.3) is 0 Å². The number of hydrogen-bond acceptors (Lipinski definition) is 7. The van der Waals surface area contributed by atoms with E-state index >= 15 is 0 Å². The van der Waals surface area contributed by atoms with Crippen molar-refractivity contribution in [2.75, 3.05) is 48.1 Å². The highest BCUT2D eigenvalue weighted by Crippen LogP contribution is 2.45. The van der Waals surface area contributed by atoms with Crippen LogP contribution < -0.4 is 19.5 Å². The van der Waals surface area contributed by atoms with Crippen LogP contribution in [0.1, 0.15) is 35.7 Å². The maximum absolute atomic E-state index is 14.4. The lowest BCUT2D eigenvalue weighted by molar-refractivity contribution is -0.146. The number of allylic oxidation sites excluding steroid dienone is 2. The number of carbonyl (C=O) groups excluding carboxylic acids is 2. The van der Waals surface area contributed by atoms with Crippen LogP contribution in [0.2, 0.25) is 0 Å². The van der Waals surface area contributed by atoms with E-state index in [4.69, 9.17) is 18.9 Å². The van der Waals surface area contributed by atoms with Gasteiger partial charge in [-0.05, 0) is 96.9 Å². The van der Waals surface area contributed by atoms with Crippen molar-refractivity contribution in [2.24, 2.45) is 7.05 Å². The topological polar surface area (TPSA) is 91.3 Å². The van der Waals surface area contributed by atoms with E-state index in [0.717, 1.165) is 33.5 Å². The molecule has 9 nitrogen and oxygen atoms in total. The van der Waals surface area contributed by atoms with Crippen molar-refractivity contribution in [1.29, 1.82) is 0 Å². The number of fused-ring (bicyclic) bond motifs is 1. The summed E-state index contributed by atoms with van der Waals surface area (Å²) in [6, 6.07) is 12.0. The summed E-state index contributed by atoms with van der Waals surface area (Å²) in [7, 11) is 8.70. The van der Waals surface area contributed by atoms with Gasteiger partial charge in [-0.3, -0.25) is 4.79 Å². The molecule has 0 aliphatic heterocycles. The van der Waals surface area contributed by atoms with Crippen molar-refractivity contribution in [3.63, 3.8) is 0 Å². The first-order chi connectivity index (χ1) is 20.6. The number of hydrogen-bond donors (Lipinski definition) is 1. The molecule has 1 aliphatic carbocycles. The number of amides is 1. The molecule has 43 heavy (non-hydrogen) atoms. The summed E-state index contributed by atoms with van der Waals surface area (Å²) in [6.07, 6.45) is 3.96. The molecule has 1 aliphatic rings. The number of nitrogens with zero attached hydrogens (tertiary/aromatic N) is 2. The number of carbonyl (C=O) groups is 2. The molecule has 10 heteroatoms. The number of benzene rings is 2. The summed E-state index contributed by atoms with van der Waals surface area (Å²) < 4.78 is 38.4. The highest BCUT2D eigenvalue weighted by atomic mass is 19.1. The number of nitrogens with one attached hydrogen (secondary N) is 1. The quantitative estimate of drug-likeness (QED) is 0.288. The second kappa shape index (κ2) is 14.1. The fraction of sp³-hybridized carbons (Fsp3) is 0.333. The fourth-order valence-electron chi connectivity index (χ4n) is 4.88. The Balaban J connectivity index is 1.59. The lowest BCUT2D eigenvalue weighted by atomic mass is 10.00. The van der Waals surface area contributed by atoms with Gasteiger partial charge >= 0.3 is 5.97 Å². The van der Waals surface area contributed by atoms with Gasteiger partial charge in [0.2, 0.25) is 11.7 Å². The molecule has 2 aromatic carbocycles. The Hall–Kier alpha value is -4.57. The minimum Gasteiger partial charge on any atom is -0.493 e. The Morgan fingerprint density at radius 2 is 1.77 bits per heavy atom. The normalized spacial score (nSPS) is 13.3. The smallest absolute Gasteiger partial charge is 0.344 e. The van der Waals surface area contributed by atoms with Gasteiger partial charge < -0.3 is 33.7 Å². The molecular weight excluding hydrogens is 553 g/mol. The minimum absolute atomic E-state index is 0.105. The van der Waals surface area contributed by atoms with Crippen LogP contribution in [0.4, 0.5) is 4.39 Å². The number of rotatable bonds is 13. The molecule has 0 atom stereocenters. The monoisotopic (exact) mass is 591 g/mol. The largest absolute Gasteiger partial charge is 0.493 e. The van der Waals surface area contributed by atoms with Crippen molar-refractivity contribution in [1.82, 2.24) is 14.8 Å². The van der Waals surface area contributed by atoms with Gasteiger partial charge in [0.15, 0.2) is 18.1 Å². The van der Waals surface area contributed by atoms with Crippen LogP contribution in [-0.4, -0.2) is 69.4 Å². The van der Waals surface area contributed by atoms with Crippen LogP contribution in [0.3, 0.4) is 0 Å². The van der Waals surface area contributed by atoms with E-state index in [1.54, 1.807) is 18.2 Å². The van der Waals surface area contributed by atoms with Crippen molar-refractivity contribution in [3.05, 3.63) is 82.4 Å². The van der Waals surface area contributed by atoms with Crippen molar-refractivity contribution in [3.8, 4) is 17.2 Å². The van der Waals surface area contributed by atoms with Gasteiger partial charge in [-0.1, -0.05) is 6.07 Å². The molecule has 0 saturated carbocycles. The summed E-state index contributed by atoms with van der Waals surface area (Å²) in [5.74, 6) is -0.0314. The number of aromatic nitrogens is 1. The summed E-state index contributed by atoms with van der Waals surface area (Å²) >= 11 is 0. The molecule has 0 radical (unpaired) electrons. The summed E-state index contributed by atoms with van der Waals surface area (Å²) in [4.78, 5) is 27.0. The molecular formula is C33H38FN3O6. The zero-order valence-electron chi connectivity index (χ0n) is 25.5. The lowest BCUT2D eigenvalue weighted by Gasteiger charge is -2.16. The number of aryl methyl sites for hydroxylation is 1. The molecule has 1 amide bonds. The van der Waals surface area contributed by atoms with Crippen LogP contribution in [0, 0.1) is 5.82 Å². The minimum atomic E-state index is -0.507. The number of likely N-dealkylation sites (N-methyl/N-ethyl adjacent to an activating group) is 1. The SMILES string of the molecule is COc1cc(C=C2C(C)=C(CC(=O)NCc3cccn3C)c3cc(F)ccc32)cc(OC)c1OCC(=O)OCCN(C)C. The van der Waals surface area contributed by atoms with E-state index in [1.165, 1.54) is 26.4 Å². The first-order valence-corrected chi connectivity index (χ1v) is 13.9. The standard InChI is InChI=1S/C33H38FN3O6/c1-21-26(14-22-15-29(40-5)33(30(16-22)41-6)43-20-32(39)42-13-12-36(2)3)25-10-9-23(34)17-28(25)27(21)18-31(38)35-19-24-8-7-11-37(24)4/h7-11,14-17H,12-13,18-20H2,1-6H3,(H,35,38). The average molecular weight is 592 g/mol. The molecule has 0 spiro atoms. The second-order valence-electron chi connectivity index (χ2n) is 10.5. The summed E-state index contributed by atoms with van der Waals surface area (Å²) in [6.45, 7) is 2.87. The van der Waals surface area contributed by atoms with Gasteiger partial charge in [-0.15, -0.1) is 0 Å². The highest BCUT2D eigenvalue weighted by Gasteiger charge is 2.26. The molecule has 0 saturated heterocycles. The Morgan fingerprint density at radius 3 is 2.40 bits per heavy atom. The third-order valence-electron chi connectivity index (χ3n) is 7.24. The van der Waals surface area contributed by atoms with E-state index in [0.29, 0.717) is 30.2 Å². The maximum Gasteiger partial charge on any atom is 0.344 e. The maximum atomic E-state index is 14.4. The first kappa shape index (κ1) is 31.4. The average Bonchev–Trinajstić information content (AvgIpc) is 3.50. The van der Waals surface area contributed by atoms with E-state index in [2.05, 4.69) is 5.32 Å². The molecule has 1 N–H and O–H groups in total. The lowest BCUT2D eigenvalue weighted by Crippen LogP contribution is -2.23. The molecule has 3 aromatic rings. The van der Waals surface area contributed by atoms with Crippen molar-refractivity contribution < 1.29 is 32.9 Å². The Kier molecular flexibility index (Phi) is 10.3. The molecule has 0 fully saturated rings. The third kappa shape index (κ3) is 7.64. The molecule has 1 aromatic heterocycles. The van der Waals surface area contributed by atoms with Gasteiger partial charge in [0.05, 0.1) is 27.2 Å². The van der Waals surface area contributed by atoms with Crippen molar-refractivity contribution >= 4 is 29.1 Å². The number of halogens is 1. The molecule has 228 valence electrons. The number of esters is 1. The number of methoxy groups -OCH3 is 2. The third-order valence-corrected chi connectivity index (χ3v) is 7.24. The van der Waals surface area contributed by atoms with Crippen LogP contribution in [0.25, 0.3) is 17.2 Å². The van der Waals surface area contributed by atoms with Crippen LogP contribution >= 0.6 is 0 Å². The predicted molar refractivity (Wildman–Crippen MR) is 163 cm³/mol. The Labute approximate surface area is 251 Å². The van der Waals surface area contributed by atoms with E-state index in [9.17, 15) is 14.0 Å². The zero-order valence-corrected chi connectivity index (χ0v) is 25.5. The van der Waals surface area contributed by atoms with Gasteiger partial charge in [0, 0.05) is 25.5 Å². The summed E-state index contributed by atoms with van der Waals surface area (Å²) in [5.41, 5.74) is 5.70. The van der Waals surface area contributed by atoms with E-state index in [1.807, 2.05) is 61.9 Å². The predicted octanol–water partition coefficient (Wildman–Crippen LogP) is 4.70. The fourth-order valence-corrected chi connectivity index (χ4v) is 4.88. The molecule has 0 unspecified atom stereocenters. The van der Waals surface area contributed by atoms with E-state index < -0.39 is 5.97 Å². The number of ether oxygens (including phenoxy) is 4. The van der Waals surface area contributed by atoms with Gasteiger partial charge in [-0.25, -0.2) is 9.18 Å². The Morgan fingerprint density at radius 1 is 1.05 bits per heavy atom. The zero-order chi connectivity index (χ0) is 31.1. The van der Waals surface area contributed by atoms with Crippen LogP contribution in [-0.2, 0) is 27.9 Å². The van der Waals surface area contributed by atoms with Crippen LogP contribution in [0.15, 0.2) is 54.2 Å². The first-order valence-electron chi connectivity index (χ1n) is 13.9.